The molecule has 1 aliphatic rings. The Morgan fingerprint density at radius 1 is 1.26 bits per heavy atom. The Morgan fingerprint density at radius 2 is 2.00 bits per heavy atom. The summed E-state index contributed by atoms with van der Waals surface area (Å²) in [4.78, 5) is 3.77. The fourth-order valence-corrected chi connectivity index (χ4v) is 3.38. The van der Waals surface area contributed by atoms with Crippen LogP contribution in [-0.4, -0.2) is 23.8 Å². The van der Waals surface area contributed by atoms with Crippen molar-refractivity contribution in [2.75, 3.05) is 6.61 Å². The second-order valence-electron chi connectivity index (χ2n) is 6.90. The van der Waals surface area contributed by atoms with Crippen molar-refractivity contribution in [2.24, 2.45) is 11.7 Å². The highest BCUT2D eigenvalue weighted by Gasteiger charge is 2.60. The number of hydrogen-bond donors (Lipinski definition) is 1. The number of benzene rings is 1. The molecule has 0 aliphatic carbocycles. The second-order valence-corrected chi connectivity index (χ2v) is 7.44. The first-order valence-electron chi connectivity index (χ1n) is 8.53. The van der Waals surface area contributed by atoms with E-state index in [4.69, 9.17) is 26.8 Å². The van der Waals surface area contributed by atoms with E-state index < -0.39 is 11.2 Å². The molecule has 27 heavy (non-hydrogen) atoms. The molecule has 3 atom stereocenters. The highest BCUT2D eigenvalue weighted by molar-refractivity contribution is 6.24. The Morgan fingerprint density at radius 3 is 2.67 bits per heavy atom. The summed E-state index contributed by atoms with van der Waals surface area (Å²) < 4.78 is 51.9. The average molecular weight is 401 g/mol. The molecule has 1 aromatic heterocycles. The van der Waals surface area contributed by atoms with Gasteiger partial charge in [0.2, 0.25) is 0 Å². The molecule has 0 saturated heterocycles. The Balaban J connectivity index is 1.92. The number of pyridine rings is 1. The molecule has 0 bridgehead atoms. The molecule has 3 unspecified atom stereocenters. The molecule has 146 valence electrons. The summed E-state index contributed by atoms with van der Waals surface area (Å²) >= 11 is 5.90. The standard InChI is InChI=1S/C19H20ClF3N2O2/c1-11(7-12(2)24)10-26-13-3-4-15-14-5-6-25-9-16(14)18(20,19(21,22)23)27-17(15)8-13/h3-6,8-9,11-12H,7,10,24H2,1-2H3. The van der Waals surface area contributed by atoms with Crippen LogP contribution in [0.1, 0.15) is 25.8 Å². The lowest BCUT2D eigenvalue weighted by Gasteiger charge is -2.36. The highest BCUT2D eigenvalue weighted by Crippen LogP contribution is 2.54. The van der Waals surface area contributed by atoms with Crippen LogP contribution in [-0.2, 0) is 5.06 Å². The first-order valence-corrected chi connectivity index (χ1v) is 8.91. The normalized spacial score (nSPS) is 20.9. The predicted molar refractivity (Wildman–Crippen MR) is 96.8 cm³/mol. The van der Waals surface area contributed by atoms with Gasteiger partial charge in [0, 0.05) is 35.6 Å². The predicted octanol–water partition coefficient (Wildman–Crippen LogP) is 4.85. The fourth-order valence-electron chi connectivity index (χ4n) is 3.14. The molecule has 8 heteroatoms. The van der Waals surface area contributed by atoms with E-state index in [0.29, 0.717) is 23.5 Å². The van der Waals surface area contributed by atoms with Crippen LogP contribution in [0, 0.1) is 5.92 Å². The molecular formula is C19H20ClF3N2O2. The van der Waals surface area contributed by atoms with Gasteiger partial charge >= 0.3 is 11.2 Å². The van der Waals surface area contributed by atoms with Crippen LogP contribution in [0.2, 0.25) is 0 Å². The van der Waals surface area contributed by atoms with Crippen molar-refractivity contribution in [1.29, 1.82) is 0 Å². The Bertz CT molecular complexity index is 829. The lowest BCUT2D eigenvalue weighted by Crippen LogP contribution is -2.44. The third-order valence-electron chi connectivity index (χ3n) is 4.33. The SMILES string of the molecule is CC(N)CC(C)COc1ccc2c(c1)OC(Cl)(C(F)(F)F)c1cnccc1-2. The van der Waals surface area contributed by atoms with Crippen LogP contribution < -0.4 is 15.2 Å². The van der Waals surface area contributed by atoms with E-state index in [-0.39, 0.29) is 23.3 Å². The zero-order valence-electron chi connectivity index (χ0n) is 14.9. The van der Waals surface area contributed by atoms with Crippen LogP contribution in [0.4, 0.5) is 13.2 Å². The third kappa shape index (κ3) is 3.84. The van der Waals surface area contributed by atoms with Crippen LogP contribution in [0.15, 0.2) is 36.7 Å². The van der Waals surface area contributed by atoms with Gasteiger partial charge in [-0.25, -0.2) is 0 Å². The minimum Gasteiger partial charge on any atom is -0.493 e. The summed E-state index contributed by atoms with van der Waals surface area (Å²) in [6.07, 6.45) is -1.55. The van der Waals surface area contributed by atoms with Gasteiger partial charge in [-0.3, -0.25) is 4.98 Å². The minimum atomic E-state index is -4.83. The van der Waals surface area contributed by atoms with Gasteiger partial charge in [-0.15, -0.1) is 0 Å². The quantitative estimate of drug-likeness (QED) is 0.729. The van der Waals surface area contributed by atoms with E-state index >= 15 is 0 Å². The maximum Gasteiger partial charge on any atom is 0.448 e. The lowest BCUT2D eigenvalue weighted by atomic mass is 9.94. The smallest absolute Gasteiger partial charge is 0.448 e. The van der Waals surface area contributed by atoms with Crippen molar-refractivity contribution in [3.05, 3.63) is 42.2 Å². The van der Waals surface area contributed by atoms with Crippen LogP contribution in [0.3, 0.4) is 0 Å². The molecular weight excluding hydrogens is 381 g/mol. The van der Waals surface area contributed by atoms with Gasteiger partial charge in [-0.1, -0.05) is 18.5 Å². The van der Waals surface area contributed by atoms with Crippen molar-refractivity contribution in [3.63, 3.8) is 0 Å². The molecule has 2 aromatic rings. The van der Waals surface area contributed by atoms with Gasteiger partial charge in [0.05, 0.1) is 6.61 Å². The largest absolute Gasteiger partial charge is 0.493 e. The molecule has 0 amide bonds. The third-order valence-corrected chi connectivity index (χ3v) is 4.83. The van der Waals surface area contributed by atoms with Gasteiger partial charge in [0.25, 0.3) is 0 Å². The van der Waals surface area contributed by atoms with E-state index in [9.17, 15) is 13.2 Å². The first kappa shape index (κ1) is 19.8. The minimum absolute atomic E-state index is 0.0124. The Kier molecular flexibility index (Phi) is 5.27. The van der Waals surface area contributed by atoms with E-state index in [1.54, 1.807) is 12.1 Å². The molecule has 0 radical (unpaired) electrons. The number of nitrogens with two attached hydrogens (primary N) is 1. The van der Waals surface area contributed by atoms with Gasteiger partial charge < -0.3 is 15.2 Å². The number of halogens is 4. The Hall–Kier alpha value is -1.99. The van der Waals surface area contributed by atoms with Crippen LogP contribution in [0.5, 0.6) is 11.5 Å². The topological polar surface area (TPSA) is 57.4 Å². The fraction of sp³-hybridized carbons (Fsp3) is 0.421. The number of ether oxygens (including phenoxy) is 2. The number of alkyl halides is 4. The van der Waals surface area contributed by atoms with Crippen molar-refractivity contribution < 1.29 is 22.6 Å². The van der Waals surface area contributed by atoms with E-state index in [2.05, 4.69) is 4.98 Å². The van der Waals surface area contributed by atoms with E-state index in [1.165, 1.54) is 18.3 Å². The monoisotopic (exact) mass is 400 g/mol. The number of fused-ring (bicyclic) bond motifs is 3. The number of hydrogen-bond acceptors (Lipinski definition) is 4. The molecule has 1 aliphatic heterocycles. The molecule has 0 fully saturated rings. The zero-order valence-corrected chi connectivity index (χ0v) is 15.6. The first-order chi connectivity index (χ1) is 12.6. The number of rotatable bonds is 5. The van der Waals surface area contributed by atoms with Crippen molar-refractivity contribution in [2.45, 2.75) is 37.5 Å². The molecule has 1 aromatic carbocycles. The molecule has 2 N–H and O–H groups in total. The number of nitrogens with zero attached hydrogens (tertiary/aromatic N) is 1. The average Bonchev–Trinajstić information content (AvgIpc) is 2.58. The molecule has 3 rings (SSSR count). The number of aromatic nitrogens is 1. The van der Waals surface area contributed by atoms with Gasteiger partial charge in [-0.05, 0) is 43.0 Å². The van der Waals surface area contributed by atoms with Gasteiger partial charge in [-0.2, -0.15) is 13.2 Å². The zero-order chi connectivity index (χ0) is 19.8. The van der Waals surface area contributed by atoms with E-state index in [1.807, 2.05) is 13.8 Å². The summed E-state index contributed by atoms with van der Waals surface area (Å²) in [5.41, 5.74) is 6.37. The Labute approximate surface area is 160 Å². The van der Waals surface area contributed by atoms with Crippen LogP contribution in [0.25, 0.3) is 11.1 Å². The van der Waals surface area contributed by atoms with Crippen molar-refractivity contribution in [3.8, 4) is 22.6 Å². The highest BCUT2D eigenvalue weighted by atomic mass is 35.5. The maximum atomic E-state index is 13.6. The van der Waals surface area contributed by atoms with Crippen molar-refractivity contribution >= 4 is 11.6 Å². The molecule has 2 heterocycles. The van der Waals surface area contributed by atoms with Crippen LogP contribution >= 0.6 is 11.6 Å². The second kappa shape index (κ2) is 7.20. The van der Waals surface area contributed by atoms with Gasteiger partial charge in [0.15, 0.2) is 0 Å². The molecule has 4 nitrogen and oxygen atoms in total. The summed E-state index contributed by atoms with van der Waals surface area (Å²) in [6, 6.07) is 6.32. The molecule has 0 saturated carbocycles. The lowest BCUT2D eigenvalue weighted by molar-refractivity contribution is -0.219. The van der Waals surface area contributed by atoms with Gasteiger partial charge in [0.1, 0.15) is 11.5 Å². The molecule has 0 spiro atoms. The van der Waals surface area contributed by atoms with Crippen molar-refractivity contribution in [1.82, 2.24) is 4.98 Å². The summed E-state index contributed by atoms with van der Waals surface area (Å²) in [5.74, 6) is 0.624. The van der Waals surface area contributed by atoms with E-state index in [0.717, 1.165) is 12.6 Å². The summed E-state index contributed by atoms with van der Waals surface area (Å²) in [6.45, 7) is 4.30. The maximum absolute atomic E-state index is 13.6. The summed E-state index contributed by atoms with van der Waals surface area (Å²) in [7, 11) is 0. The summed E-state index contributed by atoms with van der Waals surface area (Å²) in [5, 5.41) is -3.00.